The molecule has 0 unspecified atom stereocenters. The molecular formula is C12H8FNO4S. The molecule has 0 fully saturated rings. The first-order chi connectivity index (χ1) is 8.97. The Labute approximate surface area is 111 Å². The van der Waals surface area contributed by atoms with Crippen molar-refractivity contribution in [3.05, 3.63) is 56.0 Å². The van der Waals surface area contributed by atoms with Gasteiger partial charge in [0.25, 0.3) is 0 Å². The minimum atomic E-state index is -0.744. The highest BCUT2D eigenvalue weighted by Gasteiger charge is 2.20. The van der Waals surface area contributed by atoms with Crippen LogP contribution >= 0.6 is 11.3 Å². The summed E-state index contributed by atoms with van der Waals surface area (Å²) in [7, 11) is 0. The van der Waals surface area contributed by atoms with Crippen molar-refractivity contribution in [1.29, 1.82) is 0 Å². The molecule has 5 nitrogen and oxygen atoms in total. The average Bonchev–Trinajstić information content (AvgIpc) is 2.75. The first kappa shape index (κ1) is 13.2. The molecule has 0 saturated carbocycles. The van der Waals surface area contributed by atoms with Crippen LogP contribution in [0.25, 0.3) is 0 Å². The van der Waals surface area contributed by atoms with Gasteiger partial charge >= 0.3 is 11.7 Å². The van der Waals surface area contributed by atoms with Gasteiger partial charge < -0.3 is 4.74 Å². The quantitative estimate of drug-likeness (QED) is 0.374. The third-order valence-electron chi connectivity index (χ3n) is 2.26. The van der Waals surface area contributed by atoms with Crippen molar-refractivity contribution in [2.24, 2.45) is 0 Å². The summed E-state index contributed by atoms with van der Waals surface area (Å²) < 4.78 is 17.9. The lowest BCUT2D eigenvalue weighted by atomic mass is 10.3. The molecule has 0 saturated heterocycles. The van der Waals surface area contributed by atoms with Gasteiger partial charge in [0.2, 0.25) is 5.75 Å². The summed E-state index contributed by atoms with van der Waals surface area (Å²) in [6.07, 6.45) is 0. The van der Waals surface area contributed by atoms with E-state index in [-0.39, 0.29) is 0 Å². The normalized spacial score (nSPS) is 10.2. The number of hydrogen-bond acceptors (Lipinski definition) is 5. The highest BCUT2D eigenvalue weighted by atomic mass is 32.1. The average molecular weight is 281 g/mol. The molecule has 0 aliphatic heterocycles. The highest BCUT2D eigenvalue weighted by molar-refractivity contribution is 7.13. The van der Waals surface area contributed by atoms with E-state index in [1.807, 2.05) is 6.92 Å². The van der Waals surface area contributed by atoms with E-state index in [4.69, 9.17) is 4.74 Å². The molecule has 2 aromatic rings. The van der Waals surface area contributed by atoms with E-state index in [1.165, 1.54) is 11.3 Å². The minimum Gasteiger partial charge on any atom is -0.415 e. The molecule has 0 N–H and O–H groups in total. The van der Waals surface area contributed by atoms with E-state index in [0.717, 1.165) is 23.1 Å². The number of rotatable bonds is 3. The van der Waals surface area contributed by atoms with Gasteiger partial charge in [0.1, 0.15) is 10.7 Å². The van der Waals surface area contributed by atoms with Crippen molar-refractivity contribution in [3.63, 3.8) is 0 Å². The number of hydrogen-bond donors (Lipinski definition) is 0. The zero-order valence-corrected chi connectivity index (χ0v) is 10.6. The fourth-order valence-corrected chi connectivity index (χ4v) is 2.16. The molecule has 1 aromatic heterocycles. The maximum Gasteiger partial charge on any atom is 0.353 e. The van der Waals surface area contributed by atoms with Crippen LogP contribution in [-0.4, -0.2) is 10.9 Å². The molecule has 0 atom stereocenters. The number of nitrogens with zero attached hydrogens (tertiary/aromatic N) is 1. The van der Waals surface area contributed by atoms with Crippen molar-refractivity contribution in [2.75, 3.05) is 0 Å². The molecule has 0 amide bonds. The smallest absolute Gasteiger partial charge is 0.353 e. The van der Waals surface area contributed by atoms with E-state index in [2.05, 4.69) is 0 Å². The number of benzene rings is 1. The Hall–Kier alpha value is -2.28. The van der Waals surface area contributed by atoms with Crippen LogP contribution < -0.4 is 4.74 Å². The minimum absolute atomic E-state index is 0.302. The van der Waals surface area contributed by atoms with Crippen LogP contribution in [0.5, 0.6) is 5.75 Å². The number of nitro benzene ring substituents is 1. The lowest BCUT2D eigenvalue weighted by molar-refractivity contribution is -0.385. The molecular weight excluding hydrogens is 273 g/mol. The van der Waals surface area contributed by atoms with Crippen molar-refractivity contribution in [1.82, 2.24) is 0 Å². The third kappa shape index (κ3) is 2.94. The van der Waals surface area contributed by atoms with Crippen molar-refractivity contribution in [2.45, 2.75) is 6.92 Å². The van der Waals surface area contributed by atoms with Crippen LogP contribution in [0.2, 0.25) is 0 Å². The maximum absolute atomic E-state index is 13.1. The summed E-state index contributed by atoms with van der Waals surface area (Å²) in [6.45, 7) is 1.81. The Morgan fingerprint density at radius 2 is 2.11 bits per heavy atom. The Bertz CT molecular complexity index is 653. The summed E-state index contributed by atoms with van der Waals surface area (Å²) in [6, 6.07) is 5.98. The summed E-state index contributed by atoms with van der Waals surface area (Å²) in [5, 5.41) is 10.7. The molecule has 19 heavy (non-hydrogen) atoms. The van der Waals surface area contributed by atoms with Gasteiger partial charge in [-0.15, -0.1) is 11.3 Å². The van der Waals surface area contributed by atoms with Gasteiger partial charge in [0, 0.05) is 17.0 Å². The maximum atomic E-state index is 13.1. The van der Waals surface area contributed by atoms with Crippen molar-refractivity contribution >= 4 is 23.0 Å². The number of thiophene rings is 1. The van der Waals surface area contributed by atoms with Gasteiger partial charge in [0.05, 0.1) is 4.92 Å². The monoisotopic (exact) mass is 281 g/mol. The molecule has 1 aromatic carbocycles. The molecule has 0 bridgehead atoms. The van der Waals surface area contributed by atoms with E-state index in [1.54, 1.807) is 12.1 Å². The molecule has 7 heteroatoms. The first-order valence-corrected chi connectivity index (χ1v) is 6.01. The van der Waals surface area contributed by atoms with Crippen LogP contribution in [0.4, 0.5) is 10.1 Å². The number of halogens is 1. The molecule has 0 aliphatic rings. The Morgan fingerprint density at radius 1 is 1.37 bits per heavy atom. The summed E-state index contributed by atoms with van der Waals surface area (Å²) >= 11 is 1.20. The largest absolute Gasteiger partial charge is 0.415 e. The summed E-state index contributed by atoms with van der Waals surface area (Å²) in [4.78, 5) is 23.0. The second-order valence-electron chi connectivity index (χ2n) is 3.67. The molecule has 98 valence electrons. The zero-order valence-electron chi connectivity index (χ0n) is 9.75. The van der Waals surface area contributed by atoms with E-state index >= 15 is 0 Å². The molecule has 0 spiro atoms. The second kappa shape index (κ2) is 5.15. The lowest BCUT2D eigenvalue weighted by Crippen LogP contribution is -2.08. The fourth-order valence-electron chi connectivity index (χ4n) is 1.41. The third-order valence-corrected chi connectivity index (χ3v) is 3.24. The summed E-state index contributed by atoms with van der Waals surface area (Å²) in [5.74, 6) is -1.86. The number of carbonyl (C=O) groups is 1. The predicted octanol–water partition coefficient (Wildman–Crippen LogP) is 3.32. The Kier molecular flexibility index (Phi) is 3.57. The SMILES string of the molecule is Cc1ccc(C(=O)Oc2cc(F)ccc2[N+](=O)[O-])s1. The van der Waals surface area contributed by atoms with Crippen molar-refractivity contribution in [3.8, 4) is 5.75 Å². The van der Waals surface area contributed by atoms with Crippen LogP contribution in [-0.2, 0) is 0 Å². The van der Waals surface area contributed by atoms with Crippen LogP contribution in [0.3, 0.4) is 0 Å². The van der Waals surface area contributed by atoms with Gasteiger partial charge in [-0.25, -0.2) is 9.18 Å². The van der Waals surface area contributed by atoms with Gasteiger partial charge in [-0.3, -0.25) is 10.1 Å². The molecule has 2 rings (SSSR count). The second-order valence-corrected chi connectivity index (χ2v) is 4.96. The van der Waals surface area contributed by atoms with Gasteiger partial charge in [-0.05, 0) is 25.1 Å². The number of nitro groups is 1. The van der Waals surface area contributed by atoms with Crippen LogP contribution in [0.1, 0.15) is 14.5 Å². The fraction of sp³-hybridized carbons (Fsp3) is 0.0833. The summed E-state index contributed by atoms with van der Waals surface area (Å²) in [5.41, 5.74) is -0.456. The van der Waals surface area contributed by atoms with E-state index < -0.39 is 28.1 Å². The number of aryl methyl sites for hydroxylation is 1. The number of esters is 1. The van der Waals surface area contributed by atoms with Crippen LogP contribution in [0.15, 0.2) is 30.3 Å². The van der Waals surface area contributed by atoms with Gasteiger partial charge in [-0.1, -0.05) is 0 Å². The lowest BCUT2D eigenvalue weighted by Gasteiger charge is -2.03. The Morgan fingerprint density at radius 3 is 2.68 bits per heavy atom. The van der Waals surface area contributed by atoms with Gasteiger partial charge in [-0.2, -0.15) is 0 Å². The van der Waals surface area contributed by atoms with Gasteiger partial charge in [0.15, 0.2) is 0 Å². The molecule has 1 heterocycles. The number of carbonyl (C=O) groups excluding carboxylic acids is 1. The number of ether oxygens (including phenoxy) is 1. The highest BCUT2D eigenvalue weighted by Crippen LogP contribution is 2.29. The zero-order chi connectivity index (χ0) is 14.0. The van der Waals surface area contributed by atoms with Crippen molar-refractivity contribution < 1.29 is 18.8 Å². The standard InChI is InChI=1S/C12H8FNO4S/c1-7-2-5-11(19-7)12(15)18-10-6-8(13)3-4-9(10)14(16)17/h2-6H,1H3. The molecule has 0 aliphatic carbocycles. The first-order valence-electron chi connectivity index (χ1n) is 5.20. The van der Waals surface area contributed by atoms with E-state index in [9.17, 15) is 19.3 Å². The predicted molar refractivity (Wildman–Crippen MR) is 67.1 cm³/mol. The molecule has 0 radical (unpaired) electrons. The van der Waals surface area contributed by atoms with Crippen LogP contribution in [0, 0.1) is 22.9 Å². The topological polar surface area (TPSA) is 69.4 Å². The van der Waals surface area contributed by atoms with E-state index in [0.29, 0.717) is 4.88 Å². The Balaban J connectivity index is 2.30.